The van der Waals surface area contributed by atoms with Crippen LogP contribution in [0.2, 0.25) is 0 Å². The number of hydrogen-bond donors (Lipinski definition) is 3. The van der Waals surface area contributed by atoms with Gasteiger partial charge in [0.15, 0.2) is 0 Å². The zero-order chi connectivity index (χ0) is 17.0. The normalized spacial score (nSPS) is 16.4. The smallest absolute Gasteiger partial charge is 0.252 e. The van der Waals surface area contributed by atoms with Crippen LogP contribution in [0.15, 0.2) is 23.1 Å². The number of hydrogen-bond acceptors (Lipinski definition) is 5. The zero-order valence-electron chi connectivity index (χ0n) is 13.5. The first kappa shape index (κ1) is 20.7. The van der Waals surface area contributed by atoms with E-state index in [9.17, 15) is 13.2 Å². The highest BCUT2D eigenvalue weighted by Gasteiger charge is 2.29. The van der Waals surface area contributed by atoms with E-state index < -0.39 is 15.9 Å². The summed E-state index contributed by atoms with van der Waals surface area (Å²) in [6.45, 7) is 0.239. The third-order valence-electron chi connectivity index (χ3n) is 4.28. The molecule has 0 heterocycles. The van der Waals surface area contributed by atoms with E-state index in [1.165, 1.54) is 25.3 Å². The summed E-state index contributed by atoms with van der Waals surface area (Å²) in [5, 5.41) is 0. The molecule has 24 heavy (non-hydrogen) atoms. The third-order valence-corrected chi connectivity index (χ3v) is 5.76. The summed E-state index contributed by atoms with van der Waals surface area (Å²) in [6, 6.07) is 3.73. The molecule has 9 heteroatoms. The highest BCUT2D eigenvalue weighted by Crippen LogP contribution is 2.28. The lowest BCUT2D eigenvalue weighted by molar-refractivity contribution is 0.0997. The van der Waals surface area contributed by atoms with Crippen molar-refractivity contribution in [1.82, 2.24) is 4.72 Å². The average Bonchev–Trinajstić information content (AvgIpc) is 3.06. The van der Waals surface area contributed by atoms with Gasteiger partial charge >= 0.3 is 0 Å². The molecule has 7 nitrogen and oxygen atoms in total. The number of primary amides is 1. The van der Waals surface area contributed by atoms with Gasteiger partial charge in [0.05, 0.1) is 17.6 Å². The van der Waals surface area contributed by atoms with Crippen LogP contribution in [-0.2, 0) is 10.0 Å². The van der Waals surface area contributed by atoms with Crippen molar-refractivity contribution in [3.63, 3.8) is 0 Å². The molecule has 1 fully saturated rings. The zero-order valence-corrected chi connectivity index (χ0v) is 15.2. The molecule has 1 aromatic rings. The number of nitrogens with two attached hydrogens (primary N) is 2. The van der Waals surface area contributed by atoms with E-state index in [-0.39, 0.29) is 47.1 Å². The van der Waals surface area contributed by atoms with Crippen LogP contribution in [0.25, 0.3) is 0 Å². The maximum atomic E-state index is 12.6. The van der Waals surface area contributed by atoms with E-state index in [1.807, 2.05) is 0 Å². The van der Waals surface area contributed by atoms with Gasteiger partial charge in [-0.05, 0) is 37.0 Å². The van der Waals surface area contributed by atoms with Crippen LogP contribution in [0.1, 0.15) is 36.0 Å². The second-order valence-corrected chi connectivity index (χ2v) is 7.45. The van der Waals surface area contributed by atoms with Crippen molar-refractivity contribution in [3.05, 3.63) is 23.8 Å². The largest absolute Gasteiger partial charge is 0.496 e. The van der Waals surface area contributed by atoms with Gasteiger partial charge in [0, 0.05) is 12.6 Å². The van der Waals surface area contributed by atoms with Crippen LogP contribution in [-0.4, -0.2) is 34.0 Å². The lowest BCUT2D eigenvalue weighted by atomic mass is 9.99. The Balaban J connectivity index is 0.00000288. The van der Waals surface area contributed by atoms with Gasteiger partial charge in [-0.3, -0.25) is 4.79 Å². The molecule has 0 saturated heterocycles. The fourth-order valence-electron chi connectivity index (χ4n) is 3.01. The van der Waals surface area contributed by atoms with Crippen LogP contribution in [0, 0.1) is 5.92 Å². The Bertz CT molecular complexity index is 675. The van der Waals surface area contributed by atoms with Gasteiger partial charge < -0.3 is 16.2 Å². The second kappa shape index (κ2) is 8.66. The van der Waals surface area contributed by atoms with Gasteiger partial charge in [-0.2, -0.15) is 0 Å². The Morgan fingerprint density at radius 1 is 1.38 bits per heavy atom. The highest BCUT2D eigenvalue weighted by atomic mass is 35.5. The molecule has 1 aliphatic carbocycles. The SMILES string of the molecule is COc1ccc(S(=O)(=O)NC(CN)C2CCCC2)cc1C(N)=O.Cl. The molecule has 1 aliphatic rings. The average molecular weight is 378 g/mol. The molecular weight excluding hydrogens is 354 g/mol. The molecule has 1 atom stereocenters. The molecule has 2 rings (SSSR count). The molecule has 0 radical (unpaired) electrons. The van der Waals surface area contributed by atoms with E-state index >= 15 is 0 Å². The number of halogens is 1. The van der Waals surface area contributed by atoms with Crippen molar-refractivity contribution in [1.29, 1.82) is 0 Å². The summed E-state index contributed by atoms with van der Waals surface area (Å²) in [7, 11) is -2.40. The topological polar surface area (TPSA) is 125 Å². The van der Waals surface area contributed by atoms with E-state index in [4.69, 9.17) is 16.2 Å². The molecule has 0 spiro atoms. The van der Waals surface area contributed by atoms with Gasteiger partial charge in [-0.25, -0.2) is 13.1 Å². The van der Waals surface area contributed by atoms with Crippen LogP contribution in [0.4, 0.5) is 0 Å². The number of amides is 1. The number of sulfonamides is 1. The summed E-state index contributed by atoms with van der Waals surface area (Å²) in [4.78, 5) is 11.4. The monoisotopic (exact) mass is 377 g/mol. The minimum atomic E-state index is -3.78. The second-order valence-electron chi connectivity index (χ2n) is 5.73. The molecule has 1 saturated carbocycles. The van der Waals surface area contributed by atoms with Gasteiger partial charge in [-0.1, -0.05) is 12.8 Å². The van der Waals surface area contributed by atoms with Crippen LogP contribution >= 0.6 is 12.4 Å². The third kappa shape index (κ3) is 4.60. The molecule has 1 aromatic carbocycles. The first-order chi connectivity index (χ1) is 10.9. The fraction of sp³-hybridized carbons (Fsp3) is 0.533. The summed E-state index contributed by atoms with van der Waals surface area (Å²) in [5.74, 6) is -0.253. The summed E-state index contributed by atoms with van der Waals surface area (Å²) in [6.07, 6.45) is 4.13. The fourth-order valence-corrected chi connectivity index (χ4v) is 4.35. The number of carbonyl (C=O) groups excluding carboxylic acids is 1. The molecule has 0 bridgehead atoms. The molecule has 0 aromatic heterocycles. The van der Waals surface area contributed by atoms with E-state index in [0.29, 0.717) is 0 Å². The Morgan fingerprint density at radius 2 is 2.00 bits per heavy atom. The summed E-state index contributed by atoms with van der Waals surface area (Å²) >= 11 is 0. The van der Waals surface area contributed by atoms with Gasteiger partial charge in [0.1, 0.15) is 5.75 Å². The number of rotatable bonds is 7. The molecular formula is C15H24ClN3O4S. The maximum Gasteiger partial charge on any atom is 0.252 e. The van der Waals surface area contributed by atoms with E-state index in [2.05, 4.69) is 4.72 Å². The van der Waals surface area contributed by atoms with Crippen molar-refractivity contribution in [2.24, 2.45) is 17.4 Å². The highest BCUT2D eigenvalue weighted by molar-refractivity contribution is 7.89. The van der Waals surface area contributed by atoms with Gasteiger partial charge in [0.2, 0.25) is 10.0 Å². The van der Waals surface area contributed by atoms with Crippen molar-refractivity contribution in [3.8, 4) is 5.75 Å². The van der Waals surface area contributed by atoms with E-state index in [1.54, 1.807) is 0 Å². The van der Waals surface area contributed by atoms with Crippen molar-refractivity contribution >= 4 is 28.3 Å². The van der Waals surface area contributed by atoms with E-state index in [0.717, 1.165) is 25.7 Å². The first-order valence-electron chi connectivity index (χ1n) is 7.59. The minimum Gasteiger partial charge on any atom is -0.496 e. The maximum absolute atomic E-state index is 12.6. The van der Waals surface area contributed by atoms with Crippen molar-refractivity contribution in [2.75, 3.05) is 13.7 Å². The standard InChI is InChI=1S/C15H23N3O4S.ClH/c1-22-14-7-6-11(8-12(14)15(17)19)23(20,21)18-13(9-16)10-4-2-3-5-10;/h6-8,10,13,18H,2-5,9,16H2,1H3,(H2,17,19);1H. The van der Waals surface area contributed by atoms with Gasteiger partial charge in [-0.15, -0.1) is 12.4 Å². The lowest BCUT2D eigenvalue weighted by Crippen LogP contribution is -2.44. The minimum absolute atomic E-state index is 0. The molecule has 1 unspecified atom stereocenters. The molecule has 0 aliphatic heterocycles. The quantitative estimate of drug-likeness (QED) is 0.654. The van der Waals surface area contributed by atoms with Gasteiger partial charge in [0.25, 0.3) is 5.91 Å². The van der Waals surface area contributed by atoms with Crippen LogP contribution in [0.5, 0.6) is 5.75 Å². The summed E-state index contributed by atoms with van der Waals surface area (Å²) < 4.78 is 32.8. The predicted molar refractivity (Wildman–Crippen MR) is 93.9 cm³/mol. The Labute approximate surface area is 148 Å². The predicted octanol–water partition coefficient (Wildman–Crippen LogP) is 1.01. The number of benzene rings is 1. The Kier molecular flexibility index (Phi) is 7.47. The molecule has 1 amide bonds. The van der Waals surface area contributed by atoms with Crippen LogP contribution < -0.4 is 20.9 Å². The first-order valence-corrected chi connectivity index (χ1v) is 9.07. The summed E-state index contributed by atoms with van der Waals surface area (Å²) in [5.41, 5.74) is 11.0. The lowest BCUT2D eigenvalue weighted by Gasteiger charge is -2.23. The van der Waals surface area contributed by atoms with Crippen molar-refractivity contribution < 1.29 is 17.9 Å². The number of carbonyl (C=O) groups is 1. The Hall–Kier alpha value is -1.35. The molecule has 5 N–H and O–H groups in total. The number of ether oxygens (including phenoxy) is 1. The number of nitrogens with one attached hydrogen (secondary N) is 1. The number of methoxy groups -OCH3 is 1. The van der Waals surface area contributed by atoms with Crippen molar-refractivity contribution in [2.45, 2.75) is 36.6 Å². The molecule has 136 valence electrons. The Morgan fingerprint density at radius 3 is 2.50 bits per heavy atom. The van der Waals surface area contributed by atoms with Crippen LogP contribution in [0.3, 0.4) is 0 Å².